The number of benzene rings is 1. The first-order chi connectivity index (χ1) is 12.5. The summed E-state index contributed by atoms with van der Waals surface area (Å²) in [5, 5.41) is 30.6. The van der Waals surface area contributed by atoms with Crippen molar-refractivity contribution in [3.63, 3.8) is 0 Å². The molecule has 0 amide bonds. The van der Waals surface area contributed by atoms with E-state index in [9.17, 15) is 24.9 Å². The van der Waals surface area contributed by atoms with Crippen LogP contribution in [0, 0.1) is 13.8 Å². The van der Waals surface area contributed by atoms with Crippen molar-refractivity contribution in [2.45, 2.75) is 45.5 Å². The van der Waals surface area contributed by atoms with Crippen LogP contribution in [0.4, 0.5) is 0 Å². The zero-order valence-electron chi connectivity index (χ0n) is 16.1. The normalized spacial score (nSPS) is 25.5. The fourth-order valence-corrected chi connectivity index (χ4v) is 3.08. The van der Waals surface area contributed by atoms with Gasteiger partial charge in [-0.2, -0.15) is 0 Å². The average Bonchev–Trinajstić information content (AvgIpc) is 2.65. The van der Waals surface area contributed by atoms with Crippen LogP contribution < -0.4 is 4.74 Å². The number of aliphatic hydroxyl groups excluding tert-OH is 2. The molecule has 8 heteroatoms. The third kappa shape index (κ3) is 3.15. The molecule has 148 valence electrons. The summed E-state index contributed by atoms with van der Waals surface area (Å²) in [4.78, 5) is 25.0. The molecule has 0 bridgehead atoms. The van der Waals surface area contributed by atoms with Gasteiger partial charge in [0.1, 0.15) is 34.5 Å². The topological polar surface area (TPSA) is 123 Å². The molecule has 0 aromatic heterocycles. The van der Waals surface area contributed by atoms with Crippen LogP contribution in [0.25, 0.3) is 0 Å². The molecule has 0 saturated carbocycles. The first-order valence-electron chi connectivity index (χ1n) is 8.26. The zero-order chi connectivity index (χ0) is 20.7. The number of aliphatic hydroxyl groups is 2. The van der Waals surface area contributed by atoms with E-state index in [1.165, 1.54) is 41.1 Å². The maximum atomic E-state index is 12.8. The lowest BCUT2D eigenvalue weighted by molar-refractivity contribution is -0.165. The standard InChI is InChI=1S/C19H24O8/c1-8-7-11(20)9(2)15(12(8)18(24)25-5)27-17-14(22)10(3)13(21)16(23)19(17,4)26-6/h7,16-17,20-21,23H,1-6H3/t16-,17+,19+/m0/s1. The molecule has 2 rings (SSSR count). The molecule has 27 heavy (non-hydrogen) atoms. The highest BCUT2D eigenvalue weighted by Gasteiger charge is 2.54. The monoisotopic (exact) mass is 380 g/mol. The number of hydrogen-bond acceptors (Lipinski definition) is 8. The number of phenolic OH excluding ortho intramolecular Hbond substituents is 1. The Kier molecular flexibility index (Phi) is 5.53. The van der Waals surface area contributed by atoms with Gasteiger partial charge in [-0.05, 0) is 39.3 Å². The van der Waals surface area contributed by atoms with E-state index in [4.69, 9.17) is 14.2 Å². The average molecular weight is 380 g/mol. The highest BCUT2D eigenvalue weighted by Crippen LogP contribution is 2.40. The molecule has 8 nitrogen and oxygen atoms in total. The van der Waals surface area contributed by atoms with Crippen molar-refractivity contribution >= 4 is 11.8 Å². The number of hydrogen-bond donors (Lipinski definition) is 3. The quantitative estimate of drug-likeness (QED) is 0.675. The van der Waals surface area contributed by atoms with Gasteiger partial charge in [-0.15, -0.1) is 0 Å². The van der Waals surface area contributed by atoms with Crippen molar-refractivity contribution in [1.29, 1.82) is 0 Å². The van der Waals surface area contributed by atoms with Crippen molar-refractivity contribution < 1.29 is 39.1 Å². The van der Waals surface area contributed by atoms with Gasteiger partial charge in [0.05, 0.1) is 7.11 Å². The SMILES string of the molecule is COC(=O)c1c(C)cc(O)c(C)c1O[C@@H]1C(=O)C(C)=C(O)[C@H](O)[C@@]1(C)OC. The number of carbonyl (C=O) groups excluding carboxylic acids is 2. The van der Waals surface area contributed by atoms with Crippen molar-refractivity contribution in [2.75, 3.05) is 14.2 Å². The maximum Gasteiger partial charge on any atom is 0.341 e. The Morgan fingerprint density at radius 3 is 2.30 bits per heavy atom. The summed E-state index contributed by atoms with van der Waals surface area (Å²) in [6, 6.07) is 1.39. The van der Waals surface area contributed by atoms with Crippen molar-refractivity contribution in [2.24, 2.45) is 0 Å². The summed E-state index contributed by atoms with van der Waals surface area (Å²) < 4.78 is 16.0. The van der Waals surface area contributed by atoms with E-state index in [1.807, 2.05) is 0 Å². The second-order valence-electron chi connectivity index (χ2n) is 6.70. The van der Waals surface area contributed by atoms with E-state index in [-0.39, 0.29) is 28.2 Å². The predicted molar refractivity (Wildman–Crippen MR) is 95.1 cm³/mol. The van der Waals surface area contributed by atoms with Crippen LogP contribution in [0.1, 0.15) is 35.3 Å². The number of esters is 1. The summed E-state index contributed by atoms with van der Waals surface area (Å²) in [7, 11) is 2.47. The van der Waals surface area contributed by atoms with Crippen LogP contribution in [0.5, 0.6) is 11.5 Å². The van der Waals surface area contributed by atoms with Crippen molar-refractivity contribution in [1.82, 2.24) is 0 Å². The molecule has 1 aromatic rings. The van der Waals surface area contributed by atoms with Crippen LogP contribution >= 0.6 is 0 Å². The Bertz CT molecular complexity index is 825. The first kappa shape index (κ1) is 20.7. The fourth-order valence-electron chi connectivity index (χ4n) is 3.08. The molecule has 0 aliphatic heterocycles. The van der Waals surface area contributed by atoms with Gasteiger partial charge in [-0.1, -0.05) is 0 Å². The summed E-state index contributed by atoms with van der Waals surface area (Å²) in [5.41, 5.74) is -1.04. The van der Waals surface area contributed by atoms with Gasteiger partial charge in [-0.3, -0.25) is 4.79 Å². The smallest absolute Gasteiger partial charge is 0.341 e. The zero-order valence-corrected chi connectivity index (χ0v) is 16.1. The highest BCUT2D eigenvalue weighted by molar-refractivity contribution is 6.02. The lowest BCUT2D eigenvalue weighted by Crippen LogP contribution is -2.61. The first-order valence-corrected chi connectivity index (χ1v) is 8.26. The number of rotatable bonds is 4. The van der Waals surface area contributed by atoms with E-state index >= 15 is 0 Å². The van der Waals surface area contributed by atoms with Crippen LogP contribution in [0.3, 0.4) is 0 Å². The molecular weight excluding hydrogens is 356 g/mol. The van der Waals surface area contributed by atoms with E-state index < -0.39 is 35.3 Å². The number of aromatic hydroxyl groups is 1. The number of methoxy groups -OCH3 is 2. The molecule has 0 unspecified atom stereocenters. The second kappa shape index (κ2) is 7.21. The molecule has 0 heterocycles. The van der Waals surface area contributed by atoms with Crippen molar-refractivity contribution in [3.8, 4) is 11.5 Å². The molecule has 3 atom stereocenters. The van der Waals surface area contributed by atoms with E-state index in [2.05, 4.69) is 0 Å². The Hall–Kier alpha value is -2.58. The minimum absolute atomic E-state index is 0.0463. The van der Waals surface area contributed by atoms with Gasteiger partial charge >= 0.3 is 5.97 Å². The molecule has 3 N–H and O–H groups in total. The Morgan fingerprint density at radius 1 is 1.19 bits per heavy atom. The van der Waals surface area contributed by atoms with Gasteiger partial charge in [-0.25, -0.2) is 4.79 Å². The molecule has 0 radical (unpaired) electrons. The van der Waals surface area contributed by atoms with Crippen LogP contribution in [-0.4, -0.2) is 59.1 Å². The number of ether oxygens (including phenoxy) is 3. The molecule has 0 fully saturated rings. The van der Waals surface area contributed by atoms with E-state index in [0.717, 1.165) is 0 Å². The minimum Gasteiger partial charge on any atom is -0.509 e. The third-order valence-electron chi connectivity index (χ3n) is 5.08. The number of Topliss-reactive ketones (excluding diaryl/α,β-unsaturated/α-hetero) is 1. The molecule has 1 aliphatic carbocycles. The fraction of sp³-hybridized carbons (Fsp3) is 0.474. The Morgan fingerprint density at radius 2 is 1.78 bits per heavy atom. The minimum atomic E-state index is -1.63. The Labute approximate surface area is 157 Å². The Balaban J connectivity index is 2.68. The van der Waals surface area contributed by atoms with Crippen molar-refractivity contribution in [3.05, 3.63) is 34.1 Å². The largest absolute Gasteiger partial charge is 0.509 e. The third-order valence-corrected chi connectivity index (χ3v) is 5.08. The van der Waals surface area contributed by atoms with Crippen LogP contribution in [0.2, 0.25) is 0 Å². The lowest BCUT2D eigenvalue weighted by Gasteiger charge is -2.42. The van der Waals surface area contributed by atoms with Crippen LogP contribution in [0.15, 0.2) is 17.4 Å². The molecule has 0 spiro atoms. The van der Waals surface area contributed by atoms with E-state index in [0.29, 0.717) is 5.56 Å². The molecular formula is C19H24O8. The van der Waals surface area contributed by atoms with E-state index in [1.54, 1.807) is 6.92 Å². The predicted octanol–water partition coefficient (Wildman–Crippen LogP) is 1.72. The van der Waals surface area contributed by atoms with Gasteiger partial charge in [0.2, 0.25) is 5.78 Å². The number of phenols is 1. The number of aryl methyl sites for hydroxylation is 1. The van der Waals surface area contributed by atoms with Gasteiger partial charge in [0.15, 0.2) is 6.10 Å². The molecule has 1 aliphatic rings. The highest BCUT2D eigenvalue weighted by atomic mass is 16.6. The molecule has 0 saturated heterocycles. The van der Waals surface area contributed by atoms with Gasteiger partial charge < -0.3 is 29.5 Å². The number of carbonyl (C=O) groups is 2. The summed E-state index contributed by atoms with van der Waals surface area (Å²) in [6.07, 6.45) is -2.90. The summed E-state index contributed by atoms with van der Waals surface area (Å²) in [5.74, 6) is -2.00. The molecule has 1 aromatic carbocycles. The van der Waals surface area contributed by atoms with Gasteiger partial charge in [0, 0.05) is 18.2 Å². The maximum absolute atomic E-state index is 12.8. The summed E-state index contributed by atoms with van der Waals surface area (Å²) in [6.45, 7) is 5.87. The number of ketones is 1. The second-order valence-corrected chi connectivity index (χ2v) is 6.70. The van der Waals surface area contributed by atoms with Gasteiger partial charge in [0.25, 0.3) is 0 Å². The lowest BCUT2D eigenvalue weighted by atomic mass is 9.79. The summed E-state index contributed by atoms with van der Waals surface area (Å²) >= 11 is 0. The van der Waals surface area contributed by atoms with Crippen LogP contribution in [-0.2, 0) is 14.3 Å².